The summed E-state index contributed by atoms with van der Waals surface area (Å²) in [5.41, 5.74) is 0.818. The van der Waals surface area contributed by atoms with Crippen molar-refractivity contribution < 1.29 is 14.6 Å². The van der Waals surface area contributed by atoms with Crippen molar-refractivity contribution >= 4 is 12.0 Å². The van der Waals surface area contributed by atoms with Gasteiger partial charge in [-0.05, 0) is 23.8 Å². The number of aromatic hydroxyl groups is 1. The van der Waals surface area contributed by atoms with Crippen LogP contribution in [0.15, 0.2) is 24.3 Å². The number of methoxy groups -OCH3 is 1. The Morgan fingerprint density at radius 3 is 2.84 bits per heavy atom. The number of nitrogens with one attached hydrogen (secondary N) is 1. The fourth-order valence-corrected chi connectivity index (χ4v) is 1.96. The van der Waals surface area contributed by atoms with E-state index in [-0.39, 0.29) is 11.7 Å². The number of carbonyl (C=O) groups excluding carboxylic acids is 1. The molecular formula is C14H18N2O3. The van der Waals surface area contributed by atoms with Crippen LogP contribution in [0, 0.1) is 0 Å². The fourth-order valence-electron chi connectivity index (χ4n) is 1.96. The molecule has 0 atom stereocenters. The summed E-state index contributed by atoms with van der Waals surface area (Å²) in [5, 5.41) is 12.7. The SMILES string of the molecule is COc1cc(/C=C/C(=O)N2CCNCC2)ccc1O. The maximum Gasteiger partial charge on any atom is 0.246 e. The molecule has 5 heteroatoms. The monoisotopic (exact) mass is 262 g/mol. The Balaban J connectivity index is 2.03. The van der Waals surface area contributed by atoms with Crippen molar-refractivity contribution in [2.75, 3.05) is 33.3 Å². The maximum absolute atomic E-state index is 11.9. The molecule has 2 N–H and O–H groups in total. The number of nitrogens with zero attached hydrogens (tertiary/aromatic N) is 1. The number of benzene rings is 1. The predicted molar refractivity (Wildman–Crippen MR) is 73.1 cm³/mol. The summed E-state index contributed by atoms with van der Waals surface area (Å²) in [6, 6.07) is 4.98. The first kappa shape index (κ1) is 13.4. The third kappa shape index (κ3) is 3.48. The van der Waals surface area contributed by atoms with E-state index in [0.717, 1.165) is 31.7 Å². The predicted octanol–water partition coefficient (Wildman–Crippen LogP) is 0.846. The van der Waals surface area contributed by atoms with Crippen LogP contribution in [0.25, 0.3) is 6.08 Å². The Morgan fingerprint density at radius 2 is 2.16 bits per heavy atom. The summed E-state index contributed by atoms with van der Waals surface area (Å²) < 4.78 is 5.02. The molecule has 1 aromatic carbocycles. The molecule has 1 aliphatic rings. The van der Waals surface area contributed by atoms with Crippen molar-refractivity contribution in [2.45, 2.75) is 0 Å². The zero-order valence-corrected chi connectivity index (χ0v) is 10.9. The van der Waals surface area contributed by atoms with Crippen molar-refractivity contribution in [3.05, 3.63) is 29.8 Å². The van der Waals surface area contributed by atoms with Gasteiger partial charge in [0.15, 0.2) is 11.5 Å². The Labute approximate surface area is 112 Å². The van der Waals surface area contributed by atoms with Gasteiger partial charge in [-0.1, -0.05) is 6.07 Å². The summed E-state index contributed by atoms with van der Waals surface area (Å²) in [4.78, 5) is 13.7. The molecule has 0 radical (unpaired) electrons. The van der Waals surface area contributed by atoms with Gasteiger partial charge in [0.25, 0.3) is 0 Å². The molecular weight excluding hydrogens is 244 g/mol. The first-order valence-electron chi connectivity index (χ1n) is 6.25. The second-order valence-electron chi connectivity index (χ2n) is 4.34. The van der Waals surface area contributed by atoms with Gasteiger partial charge in [0.1, 0.15) is 0 Å². The van der Waals surface area contributed by atoms with Gasteiger partial charge in [0.2, 0.25) is 5.91 Å². The average Bonchev–Trinajstić information content (AvgIpc) is 2.47. The van der Waals surface area contributed by atoms with Crippen LogP contribution in [-0.4, -0.2) is 49.2 Å². The number of phenolic OH excluding ortho intramolecular Hbond substituents is 1. The Bertz CT molecular complexity index is 480. The lowest BCUT2D eigenvalue weighted by molar-refractivity contribution is -0.126. The molecule has 0 spiro atoms. The Morgan fingerprint density at radius 1 is 1.42 bits per heavy atom. The van der Waals surface area contributed by atoms with Crippen LogP contribution in [0.3, 0.4) is 0 Å². The maximum atomic E-state index is 11.9. The second kappa shape index (κ2) is 6.24. The number of amides is 1. The first-order valence-corrected chi connectivity index (χ1v) is 6.25. The van der Waals surface area contributed by atoms with Gasteiger partial charge in [-0.2, -0.15) is 0 Å². The highest BCUT2D eigenvalue weighted by Crippen LogP contribution is 2.26. The van der Waals surface area contributed by atoms with Crippen LogP contribution < -0.4 is 10.1 Å². The highest BCUT2D eigenvalue weighted by molar-refractivity contribution is 5.92. The molecule has 0 aromatic heterocycles. The summed E-state index contributed by atoms with van der Waals surface area (Å²) in [7, 11) is 1.49. The number of carbonyl (C=O) groups is 1. The highest BCUT2D eigenvalue weighted by atomic mass is 16.5. The van der Waals surface area contributed by atoms with Gasteiger partial charge in [0, 0.05) is 32.3 Å². The van der Waals surface area contributed by atoms with E-state index >= 15 is 0 Å². The zero-order chi connectivity index (χ0) is 13.7. The third-order valence-corrected chi connectivity index (χ3v) is 3.05. The molecule has 1 fully saturated rings. The molecule has 0 bridgehead atoms. The molecule has 1 aromatic rings. The van der Waals surface area contributed by atoms with E-state index in [1.165, 1.54) is 7.11 Å². The standard InChI is InChI=1S/C14H18N2O3/c1-19-13-10-11(2-4-12(13)17)3-5-14(18)16-8-6-15-7-9-16/h2-5,10,15,17H,6-9H2,1H3/b5-3+. The van der Waals surface area contributed by atoms with Gasteiger partial charge in [-0.15, -0.1) is 0 Å². The van der Waals surface area contributed by atoms with Gasteiger partial charge < -0.3 is 20.1 Å². The van der Waals surface area contributed by atoms with Gasteiger partial charge in [-0.3, -0.25) is 4.79 Å². The molecule has 1 saturated heterocycles. The van der Waals surface area contributed by atoms with E-state index in [9.17, 15) is 9.90 Å². The lowest BCUT2D eigenvalue weighted by Gasteiger charge is -2.26. The van der Waals surface area contributed by atoms with Crippen molar-refractivity contribution in [3.63, 3.8) is 0 Å². The molecule has 102 valence electrons. The summed E-state index contributed by atoms with van der Waals surface area (Å²) in [6.07, 6.45) is 3.28. The normalized spacial score (nSPS) is 15.7. The molecule has 0 aliphatic carbocycles. The van der Waals surface area contributed by atoms with Crippen LogP contribution in [0.4, 0.5) is 0 Å². The lowest BCUT2D eigenvalue weighted by atomic mass is 10.2. The first-order chi connectivity index (χ1) is 9.20. The molecule has 1 aliphatic heterocycles. The summed E-state index contributed by atoms with van der Waals surface area (Å²) in [5.74, 6) is 0.499. The number of ether oxygens (including phenoxy) is 1. The van der Waals surface area contributed by atoms with Crippen LogP contribution in [0.1, 0.15) is 5.56 Å². The molecule has 2 rings (SSSR count). The van der Waals surface area contributed by atoms with E-state index in [1.807, 2.05) is 4.90 Å². The molecule has 0 saturated carbocycles. The number of rotatable bonds is 3. The minimum atomic E-state index is 0.00791. The summed E-state index contributed by atoms with van der Waals surface area (Å²) >= 11 is 0. The lowest BCUT2D eigenvalue weighted by Crippen LogP contribution is -2.45. The topological polar surface area (TPSA) is 61.8 Å². The van der Waals surface area contributed by atoms with Crippen LogP contribution >= 0.6 is 0 Å². The van der Waals surface area contributed by atoms with E-state index in [4.69, 9.17) is 4.74 Å². The molecule has 19 heavy (non-hydrogen) atoms. The van der Waals surface area contributed by atoms with Gasteiger partial charge >= 0.3 is 0 Å². The second-order valence-corrected chi connectivity index (χ2v) is 4.34. The minimum Gasteiger partial charge on any atom is -0.504 e. The largest absolute Gasteiger partial charge is 0.504 e. The van der Waals surface area contributed by atoms with E-state index in [2.05, 4.69) is 5.32 Å². The number of hydrogen-bond acceptors (Lipinski definition) is 4. The van der Waals surface area contributed by atoms with Crippen LogP contribution in [0.5, 0.6) is 11.5 Å². The van der Waals surface area contributed by atoms with E-state index in [0.29, 0.717) is 5.75 Å². The smallest absolute Gasteiger partial charge is 0.246 e. The zero-order valence-electron chi connectivity index (χ0n) is 10.9. The van der Waals surface area contributed by atoms with Gasteiger partial charge in [0.05, 0.1) is 7.11 Å². The minimum absolute atomic E-state index is 0.00791. The van der Waals surface area contributed by atoms with Crippen molar-refractivity contribution in [1.29, 1.82) is 0 Å². The number of piperazine rings is 1. The van der Waals surface area contributed by atoms with Crippen molar-refractivity contribution in [1.82, 2.24) is 10.2 Å². The molecule has 1 heterocycles. The Hall–Kier alpha value is -2.01. The summed E-state index contributed by atoms with van der Waals surface area (Å²) in [6.45, 7) is 3.16. The fraction of sp³-hybridized carbons (Fsp3) is 0.357. The average molecular weight is 262 g/mol. The number of hydrogen-bond donors (Lipinski definition) is 2. The van der Waals surface area contributed by atoms with Crippen LogP contribution in [-0.2, 0) is 4.79 Å². The molecule has 5 nitrogen and oxygen atoms in total. The third-order valence-electron chi connectivity index (χ3n) is 3.05. The van der Waals surface area contributed by atoms with Crippen molar-refractivity contribution in [3.8, 4) is 11.5 Å². The number of phenols is 1. The van der Waals surface area contributed by atoms with Crippen LogP contribution in [0.2, 0.25) is 0 Å². The van der Waals surface area contributed by atoms with E-state index < -0.39 is 0 Å². The quantitative estimate of drug-likeness (QED) is 0.793. The molecule has 0 unspecified atom stereocenters. The van der Waals surface area contributed by atoms with Crippen molar-refractivity contribution in [2.24, 2.45) is 0 Å². The van der Waals surface area contributed by atoms with Gasteiger partial charge in [-0.25, -0.2) is 0 Å². The Kier molecular flexibility index (Phi) is 4.41. The molecule has 1 amide bonds. The highest BCUT2D eigenvalue weighted by Gasteiger charge is 2.13. The van der Waals surface area contributed by atoms with E-state index in [1.54, 1.807) is 30.4 Å².